The van der Waals surface area contributed by atoms with E-state index in [1.807, 2.05) is 27.7 Å². The molecule has 0 bridgehead atoms. The van der Waals surface area contributed by atoms with E-state index in [2.05, 4.69) is 0 Å². The van der Waals surface area contributed by atoms with Crippen LogP contribution in [0.3, 0.4) is 0 Å². The summed E-state index contributed by atoms with van der Waals surface area (Å²) in [5.74, 6) is 0. The molecule has 0 aliphatic carbocycles. The Kier molecular flexibility index (Phi) is 4.99. The molecule has 0 aromatic heterocycles. The molecule has 0 saturated carbocycles. The van der Waals surface area contributed by atoms with Crippen molar-refractivity contribution in [3.63, 3.8) is 0 Å². The van der Waals surface area contributed by atoms with Gasteiger partial charge in [0.25, 0.3) is 0 Å². The fourth-order valence-corrected chi connectivity index (χ4v) is 1.52. The Morgan fingerprint density at radius 1 is 0.733 bits per heavy atom. The van der Waals surface area contributed by atoms with Crippen LogP contribution in [0.4, 0.5) is 0 Å². The fourth-order valence-electron chi connectivity index (χ4n) is 1.52. The lowest BCUT2D eigenvalue weighted by Gasteiger charge is -2.42. The van der Waals surface area contributed by atoms with Crippen molar-refractivity contribution in [3.05, 3.63) is 0 Å². The molecule has 0 radical (unpaired) electrons. The first-order valence-corrected chi connectivity index (χ1v) is 5.67. The SMILES string of the molecule is CC.CC1OCC2(CO1)COC(C)OC2. The molecular weight excluding hydrogens is 196 g/mol. The first-order valence-electron chi connectivity index (χ1n) is 5.67. The lowest BCUT2D eigenvalue weighted by Crippen LogP contribution is -2.51. The molecule has 2 aliphatic heterocycles. The third kappa shape index (κ3) is 3.41. The number of ether oxygens (including phenoxy) is 4. The van der Waals surface area contributed by atoms with Crippen LogP contribution in [0.1, 0.15) is 27.7 Å². The smallest absolute Gasteiger partial charge is 0.154 e. The lowest BCUT2D eigenvalue weighted by atomic mass is 9.91. The normalized spacial score (nSPS) is 40.8. The van der Waals surface area contributed by atoms with Gasteiger partial charge in [-0.25, -0.2) is 0 Å². The van der Waals surface area contributed by atoms with Crippen LogP contribution in [0.15, 0.2) is 0 Å². The largest absolute Gasteiger partial charge is 0.352 e. The van der Waals surface area contributed by atoms with Gasteiger partial charge in [-0.1, -0.05) is 13.8 Å². The standard InChI is InChI=1S/C9H16O4.C2H6/c1-7-10-3-9(4-11-7)5-12-8(2)13-6-9;1-2/h7-8H,3-6H2,1-2H3;1-2H3. The average molecular weight is 218 g/mol. The molecule has 90 valence electrons. The van der Waals surface area contributed by atoms with Crippen LogP contribution in [0.2, 0.25) is 0 Å². The summed E-state index contributed by atoms with van der Waals surface area (Å²) in [7, 11) is 0. The minimum Gasteiger partial charge on any atom is -0.352 e. The molecule has 0 unspecified atom stereocenters. The van der Waals surface area contributed by atoms with E-state index in [0.29, 0.717) is 26.4 Å². The summed E-state index contributed by atoms with van der Waals surface area (Å²) in [4.78, 5) is 0. The van der Waals surface area contributed by atoms with Gasteiger partial charge in [0, 0.05) is 0 Å². The van der Waals surface area contributed by atoms with Gasteiger partial charge in [0.2, 0.25) is 0 Å². The minimum absolute atomic E-state index is 0.0704. The third-order valence-electron chi connectivity index (χ3n) is 2.50. The van der Waals surface area contributed by atoms with Crippen molar-refractivity contribution in [3.8, 4) is 0 Å². The van der Waals surface area contributed by atoms with E-state index in [1.54, 1.807) is 0 Å². The molecule has 4 heteroatoms. The summed E-state index contributed by atoms with van der Waals surface area (Å²) in [5, 5.41) is 0. The molecule has 2 aliphatic rings. The molecule has 0 N–H and O–H groups in total. The predicted molar refractivity (Wildman–Crippen MR) is 56.5 cm³/mol. The van der Waals surface area contributed by atoms with Crippen LogP contribution in [0, 0.1) is 5.41 Å². The molecule has 15 heavy (non-hydrogen) atoms. The van der Waals surface area contributed by atoms with Crippen LogP contribution in [0.25, 0.3) is 0 Å². The summed E-state index contributed by atoms with van der Waals surface area (Å²) in [6.45, 7) is 10.5. The molecule has 0 aromatic rings. The van der Waals surface area contributed by atoms with E-state index >= 15 is 0 Å². The van der Waals surface area contributed by atoms with Gasteiger partial charge in [0.15, 0.2) is 12.6 Å². The van der Waals surface area contributed by atoms with Gasteiger partial charge >= 0.3 is 0 Å². The number of hydrogen-bond donors (Lipinski definition) is 0. The Hall–Kier alpha value is -0.160. The van der Waals surface area contributed by atoms with Crippen LogP contribution < -0.4 is 0 Å². The summed E-state index contributed by atoms with van der Waals surface area (Å²) in [6, 6.07) is 0. The monoisotopic (exact) mass is 218 g/mol. The number of hydrogen-bond acceptors (Lipinski definition) is 4. The van der Waals surface area contributed by atoms with Gasteiger partial charge in [-0.2, -0.15) is 0 Å². The van der Waals surface area contributed by atoms with Crippen molar-refractivity contribution in [1.29, 1.82) is 0 Å². The third-order valence-corrected chi connectivity index (χ3v) is 2.50. The molecule has 1 spiro atoms. The van der Waals surface area contributed by atoms with E-state index in [9.17, 15) is 0 Å². The van der Waals surface area contributed by atoms with Gasteiger partial charge in [-0.15, -0.1) is 0 Å². The second-order valence-corrected chi connectivity index (χ2v) is 3.88. The lowest BCUT2D eigenvalue weighted by molar-refractivity contribution is -0.294. The maximum absolute atomic E-state index is 5.42. The summed E-state index contributed by atoms with van der Waals surface area (Å²) in [5.41, 5.74) is -0.0704. The van der Waals surface area contributed by atoms with Crippen LogP contribution >= 0.6 is 0 Å². The van der Waals surface area contributed by atoms with Crippen molar-refractivity contribution >= 4 is 0 Å². The predicted octanol–water partition coefficient (Wildman–Crippen LogP) is 1.78. The highest BCUT2D eigenvalue weighted by Gasteiger charge is 2.40. The highest BCUT2D eigenvalue weighted by atomic mass is 16.7. The zero-order valence-electron chi connectivity index (χ0n) is 10.1. The molecule has 2 fully saturated rings. The summed E-state index contributed by atoms with van der Waals surface area (Å²) >= 11 is 0. The summed E-state index contributed by atoms with van der Waals surface area (Å²) < 4.78 is 21.7. The van der Waals surface area contributed by atoms with Crippen molar-refractivity contribution in [2.45, 2.75) is 40.3 Å². The molecule has 2 saturated heterocycles. The van der Waals surface area contributed by atoms with Gasteiger partial charge in [0.05, 0.1) is 31.8 Å². The Morgan fingerprint density at radius 3 is 1.27 bits per heavy atom. The van der Waals surface area contributed by atoms with E-state index in [1.165, 1.54) is 0 Å². The maximum atomic E-state index is 5.42. The van der Waals surface area contributed by atoms with Crippen molar-refractivity contribution in [1.82, 2.24) is 0 Å². The van der Waals surface area contributed by atoms with Crippen LogP contribution in [-0.2, 0) is 18.9 Å². The molecule has 4 nitrogen and oxygen atoms in total. The molecule has 0 aromatic carbocycles. The van der Waals surface area contributed by atoms with Gasteiger partial charge in [-0.3, -0.25) is 0 Å². The Bertz CT molecular complexity index is 144. The highest BCUT2D eigenvalue weighted by Crippen LogP contribution is 2.29. The minimum atomic E-state index is -0.0926. The Morgan fingerprint density at radius 2 is 1.00 bits per heavy atom. The maximum Gasteiger partial charge on any atom is 0.154 e. The average Bonchev–Trinajstić information content (AvgIpc) is 2.30. The van der Waals surface area contributed by atoms with Crippen molar-refractivity contribution < 1.29 is 18.9 Å². The van der Waals surface area contributed by atoms with Crippen LogP contribution in [-0.4, -0.2) is 39.0 Å². The van der Waals surface area contributed by atoms with E-state index in [0.717, 1.165) is 0 Å². The number of rotatable bonds is 0. The van der Waals surface area contributed by atoms with Crippen LogP contribution in [0.5, 0.6) is 0 Å². The quantitative estimate of drug-likeness (QED) is 0.621. The van der Waals surface area contributed by atoms with Gasteiger partial charge in [-0.05, 0) is 13.8 Å². The highest BCUT2D eigenvalue weighted by molar-refractivity contribution is 4.83. The van der Waals surface area contributed by atoms with Gasteiger partial charge in [0.1, 0.15) is 0 Å². The van der Waals surface area contributed by atoms with Crippen molar-refractivity contribution in [2.24, 2.45) is 5.41 Å². The Balaban J connectivity index is 0.000000531. The first kappa shape index (κ1) is 12.9. The fraction of sp³-hybridized carbons (Fsp3) is 1.00. The second kappa shape index (κ2) is 5.80. The summed E-state index contributed by atoms with van der Waals surface area (Å²) in [6.07, 6.45) is -0.185. The molecule has 2 heterocycles. The van der Waals surface area contributed by atoms with E-state index in [4.69, 9.17) is 18.9 Å². The molecule has 0 atom stereocenters. The Labute approximate surface area is 91.8 Å². The first-order chi connectivity index (χ1) is 7.20. The van der Waals surface area contributed by atoms with Gasteiger partial charge < -0.3 is 18.9 Å². The molecule has 0 amide bonds. The molecule has 2 rings (SSSR count). The van der Waals surface area contributed by atoms with E-state index < -0.39 is 0 Å². The topological polar surface area (TPSA) is 36.9 Å². The van der Waals surface area contributed by atoms with E-state index in [-0.39, 0.29) is 18.0 Å². The zero-order chi connectivity index (χ0) is 11.3. The second-order valence-electron chi connectivity index (χ2n) is 3.88. The van der Waals surface area contributed by atoms with Crippen molar-refractivity contribution in [2.75, 3.05) is 26.4 Å². The zero-order valence-corrected chi connectivity index (χ0v) is 10.1. The molecular formula is C11H22O4.